The van der Waals surface area contributed by atoms with Crippen LogP contribution in [0, 0.1) is 0 Å². The molecule has 4 rings (SSSR count). The first-order chi connectivity index (χ1) is 12.8. The van der Waals surface area contributed by atoms with Crippen LogP contribution in [-0.4, -0.2) is 34.3 Å². The van der Waals surface area contributed by atoms with Crippen LogP contribution < -0.4 is 5.76 Å². The second kappa shape index (κ2) is 7.70. The molecule has 2 heterocycles. The van der Waals surface area contributed by atoms with Gasteiger partial charge in [0.05, 0.1) is 12.5 Å². The van der Waals surface area contributed by atoms with E-state index < -0.39 is 0 Å². The summed E-state index contributed by atoms with van der Waals surface area (Å²) >= 11 is 0. The number of rotatable bonds is 6. The Morgan fingerprint density at radius 2 is 1.46 bits per heavy atom. The fourth-order valence-corrected chi connectivity index (χ4v) is 3.59. The second-order valence-electron chi connectivity index (χ2n) is 6.73. The van der Waals surface area contributed by atoms with Crippen molar-refractivity contribution in [3.05, 3.63) is 88.2 Å². The molecule has 5 nitrogen and oxygen atoms in total. The van der Waals surface area contributed by atoms with Gasteiger partial charge in [0.2, 0.25) is 5.89 Å². The zero-order valence-electron chi connectivity index (χ0n) is 14.8. The van der Waals surface area contributed by atoms with E-state index in [0.717, 1.165) is 30.8 Å². The van der Waals surface area contributed by atoms with Gasteiger partial charge in [-0.3, -0.25) is 0 Å². The second-order valence-corrected chi connectivity index (χ2v) is 6.73. The monoisotopic (exact) mass is 349 g/mol. The van der Waals surface area contributed by atoms with Gasteiger partial charge in [0, 0.05) is 6.54 Å². The molecule has 0 radical (unpaired) electrons. The van der Waals surface area contributed by atoms with E-state index in [9.17, 15) is 4.79 Å². The number of hydrogen-bond acceptors (Lipinski definition) is 4. The number of hydrogen-bond donors (Lipinski definition) is 0. The van der Waals surface area contributed by atoms with Gasteiger partial charge in [-0.05, 0) is 37.1 Å². The number of aromatic nitrogens is 2. The third-order valence-corrected chi connectivity index (χ3v) is 4.96. The van der Waals surface area contributed by atoms with Crippen LogP contribution >= 0.6 is 0 Å². The van der Waals surface area contributed by atoms with Crippen LogP contribution in [-0.2, 0) is 6.54 Å². The van der Waals surface area contributed by atoms with Crippen molar-refractivity contribution in [3.8, 4) is 0 Å². The summed E-state index contributed by atoms with van der Waals surface area (Å²) in [7, 11) is 0. The van der Waals surface area contributed by atoms with Crippen LogP contribution in [0.15, 0.2) is 69.9 Å². The molecule has 0 saturated carbocycles. The maximum Gasteiger partial charge on any atom is 0.437 e. The Kier molecular flexibility index (Phi) is 4.97. The summed E-state index contributed by atoms with van der Waals surface area (Å²) in [4.78, 5) is 14.7. The van der Waals surface area contributed by atoms with E-state index in [1.54, 1.807) is 0 Å². The molecule has 1 aliphatic heterocycles. The van der Waals surface area contributed by atoms with Crippen molar-refractivity contribution in [1.29, 1.82) is 0 Å². The lowest BCUT2D eigenvalue weighted by atomic mass is 9.91. The van der Waals surface area contributed by atoms with Crippen molar-refractivity contribution in [2.75, 3.05) is 19.6 Å². The molecule has 1 fully saturated rings. The van der Waals surface area contributed by atoms with E-state index in [2.05, 4.69) is 10.00 Å². The van der Waals surface area contributed by atoms with Crippen LogP contribution in [0.5, 0.6) is 0 Å². The summed E-state index contributed by atoms with van der Waals surface area (Å²) in [5.74, 6) is -0.108. The molecule has 0 spiro atoms. The van der Waals surface area contributed by atoms with Gasteiger partial charge < -0.3 is 9.32 Å². The lowest BCUT2D eigenvalue weighted by Crippen LogP contribution is -2.28. The van der Waals surface area contributed by atoms with Crippen molar-refractivity contribution >= 4 is 0 Å². The van der Waals surface area contributed by atoms with Gasteiger partial charge in [-0.2, -0.15) is 4.68 Å². The topological polar surface area (TPSA) is 51.3 Å². The highest BCUT2D eigenvalue weighted by Crippen LogP contribution is 2.29. The first-order valence-electron chi connectivity index (χ1n) is 9.21. The third-order valence-electron chi connectivity index (χ3n) is 4.96. The summed E-state index contributed by atoms with van der Waals surface area (Å²) in [6.45, 7) is 3.62. The fourth-order valence-electron chi connectivity index (χ4n) is 3.59. The molecule has 1 aliphatic rings. The Balaban J connectivity index is 1.64. The van der Waals surface area contributed by atoms with E-state index in [1.165, 1.54) is 17.5 Å². The molecular weight excluding hydrogens is 326 g/mol. The zero-order chi connectivity index (χ0) is 17.8. The minimum Gasteiger partial charge on any atom is -0.391 e. The molecule has 0 aliphatic carbocycles. The van der Waals surface area contributed by atoms with Crippen LogP contribution in [0.25, 0.3) is 0 Å². The van der Waals surface area contributed by atoms with Crippen molar-refractivity contribution in [2.45, 2.75) is 25.3 Å². The summed E-state index contributed by atoms with van der Waals surface area (Å²) in [5, 5.41) is 4.53. The molecule has 5 heteroatoms. The highest BCUT2D eigenvalue weighted by Gasteiger charge is 2.23. The maximum absolute atomic E-state index is 12.3. The molecule has 2 aromatic carbocycles. The lowest BCUT2D eigenvalue weighted by molar-refractivity contribution is 0.309. The van der Waals surface area contributed by atoms with Gasteiger partial charge >= 0.3 is 5.76 Å². The highest BCUT2D eigenvalue weighted by molar-refractivity contribution is 5.37. The number of likely N-dealkylation sites (tertiary alicyclic amines) is 1. The predicted octanol–water partition coefficient (Wildman–Crippen LogP) is 3.11. The minimum absolute atomic E-state index is 0.182. The van der Waals surface area contributed by atoms with E-state index in [-0.39, 0.29) is 11.7 Å². The number of nitrogens with zero attached hydrogens (tertiary/aromatic N) is 3. The Morgan fingerprint density at radius 3 is 2.04 bits per heavy atom. The summed E-state index contributed by atoms with van der Waals surface area (Å²) < 4.78 is 7.04. The van der Waals surface area contributed by atoms with Gasteiger partial charge in [-0.15, -0.1) is 5.10 Å². The molecule has 1 saturated heterocycles. The van der Waals surface area contributed by atoms with Gasteiger partial charge in [0.15, 0.2) is 0 Å². The van der Waals surface area contributed by atoms with Gasteiger partial charge in [-0.25, -0.2) is 4.79 Å². The van der Waals surface area contributed by atoms with Crippen molar-refractivity contribution < 1.29 is 4.42 Å². The average Bonchev–Trinajstić information content (AvgIpc) is 3.32. The standard InChI is InChI=1S/C21H23N3O2/c25-21-24(16-15-23-13-7-8-14-23)22-20(26-21)19(17-9-3-1-4-10-17)18-11-5-2-6-12-18/h1-6,9-12,19H,7-8,13-16H2. The van der Waals surface area contributed by atoms with Crippen molar-refractivity contribution in [2.24, 2.45) is 0 Å². The average molecular weight is 349 g/mol. The highest BCUT2D eigenvalue weighted by atomic mass is 16.4. The van der Waals surface area contributed by atoms with Crippen molar-refractivity contribution in [3.63, 3.8) is 0 Å². The smallest absolute Gasteiger partial charge is 0.391 e. The zero-order valence-corrected chi connectivity index (χ0v) is 14.8. The summed E-state index contributed by atoms with van der Waals surface area (Å²) in [5.41, 5.74) is 2.12. The molecule has 26 heavy (non-hydrogen) atoms. The molecule has 1 aromatic heterocycles. The van der Waals surface area contributed by atoms with Crippen LogP contribution in [0.1, 0.15) is 35.8 Å². The maximum atomic E-state index is 12.3. The minimum atomic E-state index is -0.379. The Bertz CT molecular complexity index is 841. The molecule has 134 valence electrons. The first-order valence-corrected chi connectivity index (χ1v) is 9.21. The lowest BCUT2D eigenvalue weighted by Gasteiger charge is -2.14. The van der Waals surface area contributed by atoms with E-state index >= 15 is 0 Å². The largest absolute Gasteiger partial charge is 0.437 e. The molecule has 0 atom stereocenters. The Labute approximate surface area is 152 Å². The SMILES string of the molecule is O=c1oc(C(c2ccccc2)c2ccccc2)nn1CCN1CCCC1. The predicted molar refractivity (Wildman–Crippen MR) is 100 cm³/mol. The van der Waals surface area contributed by atoms with Crippen molar-refractivity contribution in [1.82, 2.24) is 14.7 Å². The van der Waals surface area contributed by atoms with Crippen LogP contribution in [0.2, 0.25) is 0 Å². The molecule has 0 N–H and O–H groups in total. The Hall–Kier alpha value is -2.66. The fraction of sp³-hybridized carbons (Fsp3) is 0.333. The van der Waals surface area contributed by atoms with Gasteiger partial charge in [0.25, 0.3) is 0 Å². The first kappa shape index (κ1) is 16.8. The normalized spacial score (nSPS) is 15.0. The molecular formula is C21H23N3O2. The van der Waals surface area contributed by atoms with E-state index in [0.29, 0.717) is 12.4 Å². The van der Waals surface area contributed by atoms with Gasteiger partial charge in [-0.1, -0.05) is 60.7 Å². The van der Waals surface area contributed by atoms with Gasteiger partial charge in [0.1, 0.15) is 0 Å². The van der Waals surface area contributed by atoms with E-state index in [4.69, 9.17) is 4.42 Å². The molecule has 3 aromatic rings. The molecule has 0 unspecified atom stereocenters. The third kappa shape index (κ3) is 3.63. The van der Waals surface area contributed by atoms with Crippen LogP contribution in [0.3, 0.4) is 0 Å². The quantitative estimate of drug-likeness (QED) is 0.686. The summed E-state index contributed by atoms with van der Waals surface area (Å²) in [6, 6.07) is 20.1. The molecule has 0 bridgehead atoms. The van der Waals surface area contributed by atoms with E-state index in [1.807, 2.05) is 60.7 Å². The summed E-state index contributed by atoms with van der Waals surface area (Å²) in [6.07, 6.45) is 2.48. The Morgan fingerprint density at radius 1 is 0.885 bits per heavy atom. The molecule has 0 amide bonds. The number of benzene rings is 2. The van der Waals surface area contributed by atoms with Crippen LogP contribution in [0.4, 0.5) is 0 Å².